The van der Waals surface area contributed by atoms with Gasteiger partial charge in [0.15, 0.2) is 15.0 Å². The predicted molar refractivity (Wildman–Crippen MR) is 326 cm³/mol. The van der Waals surface area contributed by atoms with Crippen LogP contribution in [0.4, 0.5) is 60.5 Å². The van der Waals surface area contributed by atoms with Crippen molar-refractivity contribution in [3.8, 4) is 11.1 Å². The number of nitrogens with zero attached hydrogens (tertiary/aromatic N) is 2. The summed E-state index contributed by atoms with van der Waals surface area (Å²) < 4.78 is 116. The molecule has 0 aromatic heterocycles. The van der Waals surface area contributed by atoms with Gasteiger partial charge in [-0.05, 0) is 150 Å². The van der Waals surface area contributed by atoms with Crippen molar-refractivity contribution in [2.75, 3.05) is 21.8 Å². The van der Waals surface area contributed by atoms with E-state index in [0.29, 0.717) is 0 Å². The molecule has 1 unspecified atom stereocenters. The van der Waals surface area contributed by atoms with Gasteiger partial charge in [0.1, 0.15) is 12.0 Å². The summed E-state index contributed by atoms with van der Waals surface area (Å²) in [7, 11) is -11.9. The summed E-state index contributed by atoms with van der Waals surface area (Å²) in [4.78, 5) is 6.15. The summed E-state index contributed by atoms with van der Waals surface area (Å²) in [5, 5.41) is 0. The van der Waals surface area contributed by atoms with Crippen LogP contribution in [0.25, 0.3) is 23.3 Å². The Morgan fingerprint density at radius 3 is 1.29 bits per heavy atom. The fraction of sp³-hybridized carbons (Fsp3) is 0.219. The van der Waals surface area contributed by atoms with E-state index < -0.39 is 31.3 Å². The molecule has 0 radical (unpaired) electrons. The summed E-state index contributed by atoms with van der Waals surface area (Å²) in [6.45, 7) is 4.51. The molecule has 1 atom stereocenters. The molecule has 8 aromatic rings. The number of halogens is 6. The number of anilines is 6. The second-order valence-corrected chi connectivity index (χ2v) is 24.3. The second-order valence-electron chi connectivity index (χ2n) is 19.0. The Hall–Kier alpha value is -6.80. The Morgan fingerprint density at radius 1 is 0.488 bits per heavy atom. The SMILES string of the molecule is CCCCc1ccc(N(c2ccc(C=Cc3ccc(N(c4ccc(CCCC)cc4)c4cccc([S+](C)Cc5ccccc5)c4)cc3)cc2)c2cccc(-c3cccc(CCS)c3)c2)cc1.O=S(=O)(O)C(F)(F)F.O=S(=O)([O-])C(F)(F)F. The zero-order valence-corrected chi connectivity index (χ0v) is 48.7. The normalized spacial score (nSPS) is 12.2. The molecule has 0 amide bonds. The standard InChI is InChI=1S/C62H62N2S2.2CHF3O3S/c1-4-6-14-48-26-34-56(35-27-48)63(60-21-12-20-55(45-60)54-19-11-18-52(44-54)42-43-65)57-38-30-50(31-39-57)24-25-51-32-40-59(41-33-51)64(58-36-28-49(29-37-58)15-7-5-2)61-22-13-23-62(46-61)66(3)47-53-16-9-8-10-17-53;2*2-1(3,4)8(5,6)7/h8-13,16-41,44-46H,4-7,14-15,42-43,47H2,1-3H3;2*(H,5,6,7). The van der Waals surface area contributed by atoms with Crippen molar-refractivity contribution in [1.82, 2.24) is 0 Å². The van der Waals surface area contributed by atoms with Crippen LogP contribution in [0.3, 0.4) is 0 Å². The molecule has 0 aliphatic heterocycles. The van der Waals surface area contributed by atoms with Gasteiger partial charge in [-0.15, -0.1) is 0 Å². The molecule has 0 heterocycles. The van der Waals surface area contributed by atoms with Gasteiger partial charge in [0.05, 0.1) is 5.69 Å². The number of rotatable bonds is 20. The van der Waals surface area contributed by atoms with E-state index >= 15 is 0 Å². The Kier molecular flexibility index (Phi) is 23.5. The van der Waals surface area contributed by atoms with Crippen LogP contribution in [-0.4, -0.2) is 49.0 Å². The second kappa shape index (κ2) is 30.0. The van der Waals surface area contributed by atoms with E-state index in [9.17, 15) is 26.3 Å². The lowest BCUT2D eigenvalue weighted by atomic mass is 10.0. The maximum Gasteiger partial charge on any atom is 0.522 e. The van der Waals surface area contributed by atoms with Crippen LogP contribution in [0.1, 0.15) is 72.9 Å². The van der Waals surface area contributed by atoms with Crippen molar-refractivity contribution >= 4 is 90.0 Å². The Bertz CT molecular complexity index is 3490. The number of thiol groups is 1. The van der Waals surface area contributed by atoms with Gasteiger partial charge in [-0.2, -0.15) is 47.4 Å². The first-order valence-corrected chi connectivity index (χ1v) is 31.5. The lowest BCUT2D eigenvalue weighted by Crippen LogP contribution is -2.21. The van der Waals surface area contributed by atoms with Crippen molar-refractivity contribution in [2.24, 2.45) is 0 Å². The fourth-order valence-corrected chi connectivity index (χ4v) is 10.3. The molecule has 0 aliphatic carbocycles. The van der Waals surface area contributed by atoms with Crippen LogP contribution in [0.15, 0.2) is 205 Å². The van der Waals surface area contributed by atoms with Crippen molar-refractivity contribution in [2.45, 2.75) is 80.5 Å². The summed E-state index contributed by atoms with van der Waals surface area (Å²) in [5.41, 5.74) is 5.90. The molecule has 8 nitrogen and oxygen atoms in total. The number of hydrogen-bond donors (Lipinski definition) is 2. The highest BCUT2D eigenvalue weighted by molar-refractivity contribution is 7.95. The van der Waals surface area contributed by atoms with Crippen LogP contribution in [0.5, 0.6) is 0 Å². The fourth-order valence-electron chi connectivity index (χ4n) is 8.55. The highest BCUT2D eigenvalue weighted by Gasteiger charge is 2.44. The molecule has 1 N–H and O–H groups in total. The first-order chi connectivity index (χ1) is 39.0. The first-order valence-electron chi connectivity index (χ1n) is 26.3. The van der Waals surface area contributed by atoms with Crippen molar-refractivity contribution in [1.29, 1.82) is 0 Å². The molecule has 0 fully saturated rings. The molecule has 82 heavy (non-hydrogen) atoms. The molecular formula is C64H64F6N2O6S4. The van der Waals surface area contributed by atoms with E-state index in [1.165, 1.54) is 75.3 Å². The van der Waals surface area contributed by atoms with Crippen molar-refractivity contribution < 1.29 is 52.3 Å². The first kappa shape index (κ1) is 64.4. The highest BCUT2D eigenvalue weighted by atomic mass is 32.2. The average molecular weight is 1200 g/mol. The lowest BCUT2D eigenvalue weighted by Gasteiger charge is -2.26. The van der Waals surface area contributed by atoms with Crippen molar-refractivity contribution in [3.05, 3.63) is 234 Å². The summed E-state index contributed by atoms with van der Waals surface area (Å²) in [6.07, 6.45) is 14.8. The molecule has 0 bridgehead atoms. The number of aryl methyl sites for hydroxylation is 3. The quantitative estimate of drug-likeness (QED) is 0.0193. The van der Waals surface area contributed by atoms with E-state index in [1.54, 1.807) is 0 Å². The topological polar surface area (TPSA) is 118 Å². The zero-order valence-electron chi connectivity index (χ0n) is 45.4. The van der Waals surface area contributed by atoms with Crippen LogP contribution in [-0.2, 0) is 56.1 Å². The molecule has 0 spiro atoms. The van der Waals surface area contributed by atoms with E-state index in [-0.39, 0.29) is 10.9 Å². The Balaban J connectivity index is 0.000000591. The van der Waals surface area contributed by atoms with Crippen LogP contribution >= 0.6 is 12.6 Å². The Morgan fingerprint density at radius 2 is 0.878 bits per heavy atom. The van der Waals surface area contributed by atoms with Gasteiger partial charge in [-0.25, -0.2) is 8.42 Å². The highest BCUT2D eigenvalue weighted by Crippen LogP contribution is 2.39. The van der Waals surface area contributed by atoms with E-state index in [2.05, 4.69) is 255 Å². The van der Waals surface area contributed by atoms with Gasteiger partial charge in [-0.3, -0.25) is 4.55 Å². The largest absolute Gasteiger partial charge is 0.741 e. The number of benzene rings is 8. The maximum atomic E-state index is 10.7. The predicted octanol–water partition coefficient (Wildman–Crippen LogP) is 17.9. The summed E-state index contributed by atoms with van der Waals surface area (Å²) >= 11 is 4.49. The molecule has 432 valence electrons. The van der Waals surface area contributed by atoms with Gasteiger partial charge in [0, 0.05) is 51.0 Å². The van der Waals surface area contributed by atoms with Crippen LogP contribution < -0.4 is 9.80 Å². The minimum Gasteiger partial charge on any atom is -0.741 e. The van der Waals surface area contributed by atoms with E-state index in [0.717, 1.165) is 64.6 Å². The monoisotopic (exact) mass is 1200 g/mol. The lowest BCUT2D eigenvalue weighted by molar-refractivity contribution is -0.0519. The smallest absolute Gasteiger partial charge is 0.522 e. The number of alkyl halides is 6. The summed E-state index contributed by atoms with van der Waals surface area (Å²) in [5.74, 6) is 1.87. The number of hydrogen-bond acceptors (Lipinski definition) is 8. The molecule has 8 rings (SSSR count). The third-order valence-corrected chi connectivity index (χ3v) is 16.0. The molecule has 18 heteroatoms. The van der Waals surface area contributed by atoms with Crippen LogP contribution in [0, 0.1) is 0 Å². The molecule has 0 saturated carbocycles. The Labute approximate surface area is 486 Å². The van der Waals surface area contributed by atoms with Crippen LogP contribution in [0.2, 0.25) is 0 Å². The zero-order chi connectivity index (χ0) is 59.5. The number of unbranched alkanes of at least 4 members (excludes halogenated alkanes) is 2. The average Bonchev–Trinajstić information content (AvgIpc) is 3.60. The molecule has 0 saturated heterocycles. The molecular weight excluding hydrogens is 1130 g/mol. The summed E-state index contributed by atoms with van der Waals surface area (Å²) in [6, 6.07) is 74.0. The van der Waals surface area contributed by atoms with E-state index in [1.807, 2.05) is 0 Å². The minimum absolute atomic E-state index is 0.0672. The third kappa shape index (κ3) is 19.1. The van der Waals surface area contributed by atoms with Gasteiger partial charge in [0.25, 0.3) is 0 Å². The molecule has 0 aliphatic rings. The third-order valence-electron chi connectivity index (χ3n) is 12.8. The minimum atomic E-state index is -6.09. The van der Waals surface area contributed by atoms with Gasteiger partial charge in [-0.1, -0.05) is 160 Å². The van der Waals surface area contributed by atoms with Gasteiger partial charge in [0.2, 0.25) is 0 Å². The van der Waals surface area contributed by atoms with Crippen molar-refractivity contribution in [3.63, 3.8) is 0 Å². The van der Waals surface area contributed by atoms with Gasteiger partial charge >= 0.3 is 21.1 Å². The molecule has 8 aromatic carbocycles. The maximum absolute atomic E-state index is 10.7. The van der Waals surface area contributed by atoms with Gasteiger partial charge < -0.3 is 14.4 Å². The van der Waals surface area contributed by atoms with E-state index in [4.69, 9.17) is 25.9 Å².